The van der Waals surface area contributed by atoms with E-state index in [4.69, 9.17) is 0 Å². The van der Waals surface area contributed by atoms with Gasteiger partial charge < -0.3 is 5.32 Å². The minimum absolute atomic E-state index is 0.0932. The second kappa shape index (κ2) is 4.22. The number of amidine groups is 1. The fourth-order valence-electron chi connectivity index (χ4n) is 1.03. The number of aromatic nitrogens is 1. The van der Waals surface area contributed by atoms with Gasteiger partial charge in [-0.1, -0.05) is 17.8 Å². The molecule has 1 aliphatic rings. The van der Waals surface area contributed by atoms with E-state index in [0.717, 1.165) is 11.8 Å². The number of amides is 1. The van der Waals surface area contributed by atoms with E-state index in [1.165, 1.54) is 12.3 Å². The summed E-state index contributed by atoms with van der Waals surface area (Å²) in [7, 11) is -3.83. The van der Waals surface area contributed by atoms with Gasteiger partial charge in [0, 0.05) is 6.20 Å². The van der Waals surface area contributed by atoms with E-state index in [1.807, 2.05) is 0 Å². The molecule has 1 aliphatic heterocycles. The largest absolute Gasteiger partial charge is 0.304 e. The van der Waals surface area contributed by atoms with Crippen LogP contribution in [0.3, 0.4) is 0 Å². The van der Waals surface area contributed by atoms with Gasteiger partial charge in [-0.3, -0.25) is 4.79 Å². The number of thioether (sulfide) groups is 1. The zero-order chi connectivity index (χ0) is 11.6. The van der Waals surface area contributed by atoms with Gasteiger partial charge in [-0.05, 0) is 12.1 Å². The second-order valence-corrected chi connectivity index (χ2v) is 5.39. The molecule has 0 radical (unpaired) electrons. The lowest BCUT2D eigenvalue weighted by Gasteiger charge is -1.98. The standard InChI is InChI=1S/C8H7N3O3S2/c12-6-5-15-8(10-6)11-16(13,14)7-3-1-2-4-9-7/h1-4H,5H2,(H,10,11,12). The lowest BCUT2D eigenvalue weighted by molar-refractivity contribution is -0.116. The van der Waals surface area contributed by atoms with E-state index in [0.29, 0.717) is 0 Å². The molecule has 16 heavy (non-hydrogen) atoms. The number of nitrogens with one attached hydrogen (secondary N) is 1. The number of hydrogen-bond acceptors (Lipinski definition) is 5. The van der Waals surface area contributed by atoms with Crippen molar-refractivity contribution in [3.63, 3.8) is 0 Å². The van der Waals surface area contributed by atoms with E-state index in [9.17, 15) is 13.2 Å². The zero-order valence-corrected chi connectivity index (χ0v) is 9.59. The molecular formula is C8H7N3O3S2. The topological polar surface area (TPSA) is 88.5 Å². The second-order valence-electron chi connectivity index (χ2n) is 2.88. The van der Waals surface area contributed by atoms with Crippen molar-refractivity contribution in [3.05, 3.63) is 24.4 Å². The first-order valence-corrected chi connectivity index (χ1v) is 6.69. The predicted molar refractivity (Wildman–Crippen MR) is 59.5 cm³/mol. The molecule has 1 N–H and O–H groups in total. The Kier molecular flexibility index (Phi) is 2.92. The monoisotopic (exact) mass is 257 g/mol. The van der Waals surface area contributed by atoms with Crippen LogP contribution in [0.5, 0.6) is 0 Å². The maximum atomic E-state index is 11.7. The molecule has 6 nitrogen and oxygen atoms in total. The van der Waals surface area contributed by atoms with Gasteiger partial charge in [0.25, 0.3) is 0 Å². The normalized spacial score (nSPS) is 18.8. The molecule has 1 aromatic rings. The first kappa shape index (κ1) is 11.1. The summed E-state index contributed by atoms with van der Waals surface area (Å²) in [6.45, 7) is 0. The van der Waals surface area contributed by atoms with Crippen LogP contribution in [0.15, 0.2) is 33.8 Å². The highest BCUT2D eigenvalue weighted by Gasteiger charge is 2.21. The maximum absolute atomic E-state index is 11.7. The Hall–Kier alpha value is -1.41. The average Bonchev–Trinajstić information content (AvgIpc) is 2.64. The number of pyridine rings is 1. The molecule has 84 valence electrons. The van der Waals surface area contributed by atoms with Crippen LogP contribution >= 0.6 is 11.8 Å². The number of sulfonamides is 1. The highest BCUT2D eigenvalue weighted by atomic mass is 32.2. The Morgan fingerprint density at radius 2 is 2.25 bits per heavy atom. The summed E-state index contributed by atoms with van der Waals surface area (Å²) in [6, 6.07) is 4.51. The summed E-state index contributed by atoms with van der Waals surface area (Å²) in [4.78, 5) is 14.5. The molecule has 0 aliphatic carbocycles. The van der Waals surface area contributed by atoms with Gasteiger partial charge in [-0.15, -0.1) is 4.40 Å². The van der Waals surface area contributed by atoms with E-state index in [2.05, 4.69) is 14.7 Å². The van der Waals surface area contributed by atoms with Gasteiger partial charge in [-0.25, -0.2) is 4.98 Å². The fraction of sp³-hybridized carbons (Fsp3) is 0.125. The smallest absolute Gasteiger partial charge is 0.302 e. The van der Waals surface area contributed by atoms with E-state index in [1.54, 1.807) is 12.1 Å². The molecule has 1 amide bonds. The molecule has 8 heteroatoms. The van der Waals surface area contributed by atoms with Crippen molar-refractivity contribution < 1.29 is 13.2 Å². The molecule has 0 saturated carbocycles. The number of carbonyl (C=O) groups is 1. The van der Waals surface area contributed by atoms with Crippen molar-refractivity contribution in [2.24, 2.45) is 4.40 Å². The van der Waals surface area contributed by atoms with E-state index >= 15 is 0 Å². The van der Waals surface area contributed by atoms with Crippen molar-refractivity contribution in [3.8, 4) is 0 Å². The quantitative estimate of drug-likeness (QED) is 0.805. The minimum atomic E-state index is -3.83. The highest BCUT2D eigenvalue weighted by molar-refractivity contribution is 8.15. The SMILES string of the molecule is O=C1CSC(=NS(=O)(=O)c2ccccn2)N1. The van der Waals surface area contributed by atoms with Gasteiger partial charge in [0.15, 0.2) is 10.2 Å². The third-order valence-electron chi connectivity index (χ3n) is 1.69. The molecule has 0 unspecified atom stereocenters. The van der Waals surface area contributed by atoms with Crippen LogP contribution in [0, 0.1) is 0 Å². The molecular weight excluding hydrogens is 250 g/mol. The van der Waals surface area contributed by atoms with Crippen molar-refractivity contribution in [2.75, 3.05) is 5.75 Å². The minimum Gasteiger partial charge on any atom is -0.304 e. The van der Waals surface area contributed by atoms with Crippen LogP contribution in [0.2, 0.25) is 0 Å². The van der Waals surface area contributed by atoms with Crippen LogP contribution in [0.1, 0.15) is 0 Å². The Bertz CT molecular complexity index is 539. The summed E-state index contributed by atoms with van der Waals surface area (Å²) in [5, 5.41) is 2.31. The van der Waals surface area contributed by atoms with Gasteiger partial charge in [0.1, 0.15) is 0 Å². The van der Waals surface area contributed by atoms with Crippen molar-refractivity contribution in [1.29, 1.82) is 0 Å². The number of carbonyl (C=O) groups excluding carboxylic acids is 1. The van der Waals surface area contributed by atoms with Crippen LogP contribution in [-0.2, 0) is 14.8 Å². The van der Waals surface area contributed by atoms with Crippen molar-refractivity contribution in [2.45, 2.75) is 5.03 Å². The molecule has 2 rings (SSSR count). The maximum Gasteiger partial charge on any atom is 0.302 e. The average molecular weight is 257 g/mol. The molecule has 1 saturated heterocycles. The lowest BCUT2D eigenvalue weighted by Crippen LogP contribution is -2.21. The van der Waals surface area contributed by atoms with Crippen LogP contribution in [0.25, 0.3) is 0 Å². The zero-order valence-electron chi connectivity index (χ0n) is 7.95. The molecule has 0 aromatic carbocycles. The third-order valence-corrected chi connectivity index (χ3v) is 3.87. The third kappa shape index (κ3) is 2.39. The molecule has 2 heterocycles. The Labute approximate surface area is 96.2 Å². The number of hydrogen-bond donors (Lipinski definition) is 1. The van der Waals surface area contributed by atoms with Crippen LogP contribution < -0.4 is 5.32 Å². The van der Waals surface area contributed by atoms with E-state index < -0.39 is 10.0 Å². The highest BCUT2D eigenvalue weighted by Crippen LogP contribution is 2.14. The van der Waals surface area contributed by atoms with Gasteiger partial charge in [0.05, 0.1) is 5.75 Å². The van der Waals surface area contributed by atoms with Crippen molar-refractivity contribution in [1.82, 2.24) is 10.3 Å². The summed E-state index contributed by atoms with van der Waals surface area (Å²) in [5.41, 5.74) is 0. The fourth-order valence-corrected chi connectivity index (χ4v) is 2.86. The van der Waals surface area contributed by atoms with Crippen LogP contribution in [-0.4, -0.2) is 30.2 Å². The van der Waals surface area contributed by atoms with Gasteiger partial charge in [0.2, 0.25) is 5.91 Å². The van der Waals surface area contributed by atoms with E-state index in [-0.39, 0.29) is 21.9 Å². The van der Waals surface area contributed by atoms with Gasteiger partial charge >= 0.3 is 10.0 Å². The first-order chi connectivity index (χ1) is 7.58. The molecule has 0 atom stereocenters. The summed E-state index contributed by atoms with van der Waals surface area (Å²) < 4.78 is 26.8. The number of rotatable bonds is 2. The van der Waals surface area contributed by atoms with Crippen LogP contribution in [0.4, 0.5) is 0 Å². The number of nitrogens with zero attached hydrogens (tertiary/aromatic N) is 2. The molecule has 0 bridgehead atoms. The Balaban J connectivity index is 2.31. The summed E-state index contributed by atoms with van der Waals surface area (Å²) in [6.07, 6.45) is 1.37. The summed E-state index contributed by atoms with van der Waals surface area (Å²) >= 11 is 1.05. The van der Waals surface area contributed by atoms with Crippen molar-refractivity contribution >= 4 is 32.9 Å². The first-order valence-electron chi connectivity index (χ1n) is 4.26. The lowest BCUT2D eigenvalue weighted by atomic mass is 10.5. The molecule has 0 spiro atoms. The van der Waals surface area contributed by atoms with Gasteiger partial charge in [-0.2, -0.15) is 8.42 Å². The predicted octanol–water partition coefficient (Wildman–Crippen LogP) is -0.0107. The molecule has 1 fully saturated rings. The Morgan fingerprint density at radius 3 is 2.81 bits per heavy atom. The Morgan fingerprint density at radius 1 is 1.44 bits per heavy atom. The molecule has 1 aromatic heterocycles. The summed E-state index contributed by atoms with van der Waals surface area (Å²) in [5.74, 6) is -0.0590.